The molecule has 2 aliphatic carbocycles. The summed E-state index contributed by atoms with van der Waals surface area (Å²) in [5.74, 6) is -2.06. The first kappa shape index (κ1) is 22.8. The predicted molar refractivity (Wildman–Crippen MR) is 121 cm³/mol. The SMILES string of the molecule is O=C(NC1CCCC(C(=O)NCC(O)C(=O)O)C1)OCC1c2ccccc2-c2ccccc21. The summed E-state index contributed by atoms with van der Waals surface area (Å²) >= 11 is 0. The van der Waals surface area contributed by atoms with Gasteiger partial charge in [0.15, 0.2) is 6.10 Å². The van der Waals surface area contributed by atoms with Gasteiger partial charge in [-0.1, -0.05) is 55.0 Å². The molecule has 0 aromatic heterocycles. The quantitative estimate of drug-likeness (QED) is 0.512. The summed E-state index contributed by atoms with van der Waals surface area (Å²) in [5.41, 5.74) is 4.61. The Kier molecular flexibility index (Phi) is 6.93. The van der Waals surface area contributed by atoms with Gasteiger partial charge in [0, 0.05) is 17.9 Å². The number of ether oxygens (including phenoxy) is 1. The third-order valence-electron chi connectivity index (χ3n) is 6.47. The van der Waals surface area contributed by atoms with Crippen LogP contribution in [0.4, 0.5) is 4.79 Å². The largest absolute Gasteiger partial charge is 0.479 e. The summed E-state index contributed by atoms with van der Waals surface area (Å²) in [4.78, 5) is 35.5. The Balaban J connectivity index is 1.30. The fourth-order valence-electron chi connectivity index (χ4n) is 4.79. The van der Waals surface area contributed by atoms with Crippen LogP contribution in [0.3, 0.4) is 0 Å². The van der Waals surface area contributed by atoms with Crippen LogP contribution in [0.1, 0.15) is 42.7 Å². The van der Waals surface area contributed by atoms with Gasteiger partial charge in [0.1, 0.15) is 6.61 Å². The molecule has 8 heteroatoms. The van der Waals surface area contributed by atoms with E-state index in [-0.39, 0.29) is 36.9 Å². The van der Waals surface area contributed by atoms with Gasteiger partial charge < -0.3 is 25.6 Å². The normalized spacial score (nSPS) is 20.3. The number of carbonyl (C=O) groups excluding carboxylic acids is 2. The van der Waals surface area contributed by atoms with Gasteiger partial charge in [-0.3, -0.25) is 4.79 Å². The number of alkyl carbamates (subject to hydrolysis) is 1. The van der Waals surface area contributed by atoms with Gasteiger partial charge in [0.25, 0.3) is 0 Å². The zero-order chi connectivity index (χ0) is 23.4. The maximum Gasteiger partial charge on any atom is 0.407 e. The van der Waals surface area contributed by atoms with E-state index >= 15 is 0 Å². The molecule has 2 aromatic carbocycles. The molecule has 3 unspecified atom stereocenters. The lowest BCUT2D eigenvalue weighted by molar-refractivity contribution is -0.146. The van der Waals surface area contributed by atoms with Gasteiger partial charge in [-0.2, -0.15) is 0 Å². The van der Waals surface area contributed by atoms with E-state index in [2.05, 4.69) is 34.9 Å². The van der Waals surface area contributed by atoms with Crippen molar-refractivity contribution in [3.05, 3.63) is 59.7 Å². The van der Waals surface area contributed by atoms with Crippen molar-refractivity contribution in [2.24, 2.45) is 5.92 Å². The maximum atomic E-state index is 12.5. The fourth-order valence-corrected chi connectivity index (χ4v) is 4.79. The third-order valence-corrected chi connectivity index (χ3v) is 6.47. The number of benzene rings is 2. The molecule has 0 aliphatic heterocycles. The Hall–Kier alpha value is -3.39. The van der Waals surface area contributed by atoms with Gasteiger partial charge >= 0.3 is 12.1 Å². The highest BCUT2D eigenvalue weighted by atomic mass is 16.5. The van der Waals surface area contributed by atoms with Crippen LogP contribution in [0.15, 0.2) is 48.5 Å². The van der Waals surface area contributed by atoms with Gasteiger partial charge in [-0.15, -0.1) is 0 Å². The lowest BCUT2D eigenvalue weighted by atomic mass is 9.85. The van der Waals surface area contributed by atoms with Crippen molar-refractivity contribution in [2.45, 2.75) is 43.7 Å². The molecule has 0 saturated heterocycles. The molecule has 4 N–H and O–H groups in total. The second-order valence-electron chi connectivity index (χ2n) is 8.63. The molecule has 3 atom stereocenters. The van der Waals surface area contributed by atoms with E-state index < -0.39 is 18.2 Å². The molecule has 0 bridgehead atoms. The number of carboxylic acid groups (broad SMARTS) is 1. The summed E-state index contributed by atoms with van der Waals surface area (Å²) in [7, 11) is 0. The van der Waals surface area contributed by atoms with Crippen molar-refractivity contribution in [3.8, 4) is 11.1 Å². The van der Waals surface area contributed by atoms with Crippen LogP contribution in [0, 0.1) is 5.92 Å². The molecule has 0 heterocycles. The topological polar surface area (TPSA) is 125 Å². The molecule has 0 spiro atoms. The van der Waals surface area contributed by atoms with E-state index in [0.29, 0.717) is 12.8 Å². The zero-order valence-corrected chi connectivity index (χ0v) is 18.2. The van der Waals surface area contributed by atoms with E-state index in [9.17, 15) is 19.5 Å². The van der Waals surface area contributed by atoms with Gasteiger partial charge in [-0.05, 0) is 41.5 Å². The lowest BCUT2D eigenvalue weighted by Gasteiger charge is -2.29. The first-order valence-corrected chi connectivity index (χ1v) is 11.2. The Morgan fingerprint density at radius 2 is 1.64 bits per heavy atom. The van der Waals surface area contributed by atoms with Crippen molar-refractivity contribution in [1.82, 2.24) is 10.6 Å². The number of nitrogens with one attached hydrogen (secondary N) is 2. The summed E-state index contributed by atoms with van der Waals surface area (Å²) in [6.07, 6.45) is 0.452. The number of fused-ring (bicyclic) bond motifs is 3. The molecule has 2 amide bonds. The number of carboxylic acids is 1. The molecule has 2 aromatic rings. The van der Waals surface area contributed by atoms with E-state index in [1.807, 2.05) is 24.3 Å². The Labute approximate surface area is 192 Å². The minimum atomic E-state index is -1.63. The number of hydrogen-bond acceptors (Lipinski definition) is 5. The number of rotatable bonds is 7. The van der Waals surface area contributed by atoms with Crippen molar-refractivity contribution in [3.63, 3.8) is 0 Å². The highest BCUT2D eigenvalue weighted by molar-refractivity contribution is 5.81. The monoisotopic (exact) mass is 452 g/mol. The number of amides is 2. The van der Waals surface area contributed by atoms with Crippen LogP contribution < -0.4 is 10.6 Å². The van der Waals surface area contributed by atoms with Gasteiger partial charge in [-0.25, -0.2) is 9.59 Å². The average molecular weight is 453 g/mol. The van der Waals surface area contributed by atoms with Crippen LogP contribution in [0.25, 0.3) is 11.1 Å². The molecule has 33 heavy (non-hydrogen) atoms. The van der Waals surface area contributed by atoms with Gasteiger partial charge in [0.2, 0.25) is 5.91 Å². The summed E-state index contributed by atoms with van der Waals surface area (Å²) in [5, 5.41) is 23.4. The van der Waals surface area contributed by atoms with Crippen LogP contribution in [0.2, 0.25) is 0 Å². The van der Waals surface area contributed by atoms with Crippen molar-refractivity contribution in [1.29, 1.82) is 0 Å². The highest BCUT2D eigenvalue weighted by Crippen LogP contribution is 2.44. The summed E-state index contributed by atoms with van der Waals surface area (Å²) in [6, 6.07) is 16.1. The molecule has 0 radical (unpaired) electrons. The second kappa shape index (κ2) is 10.0. The fraction of sp³-hybridized carbons (Fsp3) is 0.400. The summed E-state index contributed by atoms with van der Waals surface area (Å²) in [6.45, 7) is -0.112. The molecule has 4 rings (SSSR count). The highest BCUT2D eigenvalue weighted by Gasteiger charge is 2.31. The average Bonchev–Trinajstić information content (AvgIpc) is 3.15. The molecule has 8 nitrogen and oxygen atoms in total. The first-order valence-electron chi connectivity index (χ1n) is 11.2. The molecule has 1 fully saturated rings. The Morgan fingerprint density at radius 1 is 1.00 bits per heavy atom. The maximum absolute atomic E-state index is 12.5. The number of aliphatic carboxylic acids is 1. The second-order valence-corrected chi connectivity index (χ2v) is 8.63. The first-order chi connectivity index (χ1) is 15.9. The smallest absolute Gasteiger partial charge is 0.407 e. The Morgan fingerprint density at radius 3 is 2.27 bits per heavy atom. The number of aliphatic hydroxyl groups excluding tert-OH is 1. The molecule has 174 valence electrons. The predicted octanol–water partition coefficient (Wildman–Crippen LogP) is 2.65. The van der Waals surface area contributed by atoms with Crippen LogP contribution in [0.5, 0.6) is 0 Å². The Bertz CT molecular complexity index is 994. The zero-order valence-electron chi connectivity index (χ0n) is 18.2. The van der Waals surface area contributed by atoms with E-state index in [1.165, 1.54) is 0 Å². The standard InChI is InChI=1S/C25H28N2O6/c28-22(24(30)31)13-26-23(29)15-6-5-7-16(12-15)27-25(32)33-14-21-19-10-3-1-8-17(19)18-9-2-4-11-20(18)21/h1-4,8-11,15-16,21-22,28H,5-7,12-14H2,(H,26,29)(H,27,32)(H,30,31). The molecular weight excluding hydrogens is 424 g/mol. The summed E-state index contributed by atoms with van der Waals surface area (Å²) < 4.78 is 5.59. The van der Waals surface area contributed by atoms with Crippen LogP contribution >= 0.6 is 0 Å². The van der Waals surface area contributed by atoms with E-state index in [4.69, 9.17) is 9.84 Å². The minimum absolute atomic E-state index is 0.0197. The van der Waals surface area contributed by atoms with E-state index in [1.54, 1.807) is 0 Å². The van der Waals surface area contributed by atoms with Crippen molar-refractivity contribution in [2.75, 3.05) is 13.2 Å². The molecular formula is C25H28N2O6. The van der Waals surface area contributed by atoms with Crippen LogP contribution in [-0.4, -0.2) is 53.5 Å². The molecule has 2 aliphatic rings. The number of hydrogen-bond donors (Lipinski definition) is 4. The third kappa shape index (κ3) is 5.17. The van der Waals surface area contributed by atoms with Crippen molar-refractivity contribution >= 4 is 18.0 Å². The molecule has 1 saturated carbocycles. The van der Waals surface area contributed by atoms with Crippen molar-refractivity contribution < 1.29 is 29.3 Å². The number of carbonyl (C=O) groups is 3. The van der Waals surface area contributed by atoms with E-state index in [0.717, 1.165) is 35.1 Å². The van der Waals surface area contributed by atoms with Gasteiger partial charge in [0.05, 0.1) is 6.54 Å². The van der Waals surface area contributed by atoms with Crippen LogP contribution in [-0.2, 0) is 14.3 Å². The minimum Gasteiger partial charge on any atom is -0.479 e. The lowest BCUT2D eigenvalue weighted by Crippen LogP contribution is -2.44. The number of aliphatic hydroxyl groups is 1.